The molecule has 9 heteroatoms. The van der Waals surface area contributed by atoms with E-state index in [1.807, 2.05) is 0 Å². The molecule has 0 saturated heterocycles. The molecule has 1 aromatic carbocycles. The van der Waals surface area contributed by atoms with E-state index in [1.54, 1.807) is 25.1 Å². The lowest BCUT2D eigenvalue weighted by molar-refractivity contribution is -0.119. The van der Waals surface area contributed by atoms with Crippen LogP contribution in [0.3, 0.4) is 0 Å². The highest BCUT2D eigenvalue weighted by atomic mass is 35.5. The van der Waals surface area contributed by atoms with Gasteiger partial charge < -0.3 is 11.1 Å². The number of nitrogens with one attached hydrogen (secondary N) is 1. The van der Waals surface area contributed by atoms with E-state index in [-0.39, 0.29) is 30.8 Å². The molecule has 0 bridgehead atoms. The second-order valence-electron chi connectivity index (χ2n) is 4.84. The van der Waals surface area contributed by atoms with E-state index < -0.39 is 10.2 Å². The predicted octanol–water partition coefficient (Wildman–Crippen LogP) is 0.208. The van der Waals surface area contributed by atoms with Gasteiger partial charge in [-0.1, -0.05) is 13.0 Å². The Balaban J connectivity index is 0.00000220. The number of anilines is 2. The average Bonchev–Trinajstić information content (AvgIpc) is 2.80. The molecule has 0 radical (unpaired) electrons. The van der Waals surface area contributed by atoms with E-state index in [9.17, 15) is 13.2 Å². The minimum Gasteiger partial charge on any atom is -0.330 e. The summed E-state index contributed by atoms with van der Waals surface area (Å²) in [6.07, 6.45) is 0.610. The first-order valence-corrected chi connectivity index (χ1v) is 7.77. The van der Waals surface area contributed by atoms with Gasteiger partial charge in [0, 0.05) is 24.7 Å². The van der Waals surface area contributed by atoms with Crippen LogP contribution < -0.4 is 20.5 Å². The fourth-order valence-electron chi connectivity index (χ4n) is 2.06. The standard InChI is InChI=1S/C12H18N4O3S.ClH/c1-8(7-13)12(17)15-10-3-2-9-4-5-16(11(9)6-10)20(14,18)19;/h2-3,6,8H,4-5,7,13H2,1H3,(H,15,17)(H2,14,18,19);1H. The van der Waals surface area contributed by atoms with Crippen molar-refractivity contribution in [2.45, 2.75) is 13.3 Å². The van der Waals surface area contributed by atoms with Crippen LogP contribution in [0.15, 0.2) is 18.2 Å². The number of benzene rings is 1. The zero-order valence-electron chi connectivity index (χ0n) is 11.6. The number of hydrogen-bond acceptors (Lipinski definition) is 4. The minimum absolute atomic E-state index is 0. The number of halogens is 1. The van der Waals surface area contributed by atoms with Gasteiger partial charge in [-0.15, -0.1) is 12.4 Å². The molecule has 21 heavy (non-hydrogen) atoms. The summed E-state index contributed by atoms with van der Waals surface area (Å²) >= 11 is 0. The van der Waals surface area contributed by atoms with Crippen LogP contribution in [0.5, 0.6) is 0 Å². The predicted molar refractivity (Wildman–Crippen MR) is 84.7 cm³/mol. The van der Waals surface area contributed by atoms with Crippen molar-refractivity contribution in [3.63, 3.8) is 0 Å². The first kappa shape index (κ1) is 17.7. The van der Waals surface area contributed by atoms with Crippen LogP contribution in [-0.4, -0.2) is 27.4 Å². The van der Waals surface area contributed by atoms with Gasteiger partial charge in [-0.3, -0.25) is 9.10 Å². The van der Waals surface area contributed by atoms with Crippen LogP contribution in [0.4, 0.5) is 11.4 Å². The highest BCUT2D eigenvalue weighted by molar-refractivity contribution is 7.90. The van der Waals surface area contributed by atoms with E-state index in [2.05, 4.69) is 5.32 Å². The van der Waals surface area contributed by atoms with Gasteiger partial charge in [-0.25, -0.2) is 5.14 Å². The van der Waals surface area contributed by atoms with Crippen molar-refractivity contribution in [1.29, 1.82) is 0 Å². The fraction of sp³-hybridized carbons (Fsp3) is 0.417. The lowest BCUT2D eigenvalue weighted by Gasteiger charge is -2.17. The Morgan fingerprint density at radius 3 is 2.71 bits per heavy atom. The Bertz CT molecular complexity index is 635. The second-order valence-corrected chi connectivity index (χ2v) is 6.31. The van der Waals surface area contributed by atoms with Crippen LogP contribution in [0.2, 0.25) is 0 Å². The first-order chi connectivity index (χ1) is 9.32. The SMILES string of the molecule is CC(CN)C(=O)Nc1ccc2c(c1)N(S(N)(=O)=O)CC2.Cl. The monoisotopic (exact) mass is 334 g/mol. The van der Waals surface area contributed by atoms with Crippen LogP contribution in [0, 0.1) is 5.92 Å². The molecule has 1 aliphatic rings. The van der Waals surface area contributed by atoms with Crippen molar-refractivity contribution < 1.29 is 13.2 Å². The maximum absolute atomic E-state index is 11.8. The molecule has 1 atom stereocenters. The van der Waals surface area contributed by atoms with E-state index in [0.717, 1.165) is 9.87 Å². The van der Waals surface area contributed by atoms with Gasteiger partial charge in [-0.2, -0.15) is 8.42 Å². The van der Waals surface area contributed by atoms with Crippen molar-refractivity contribution in [2.75, 3.05) is 22.7 Å². The van der Waals surface area contributed by atoms with Crippen LogP contribution >= 0.6 is 12.4 Å². The van der Waals surface area contributed by atoms with Crippen molar-refractivity contribution in [2.24, 2.45) is 16.8 Å². The highest BCUT2D eigenvalue weighted by Crippen LogP contribution is 2.32. The topological polar surface area (TPSA) is 119 Å². The molecule has 118 valence electrons. The molecule has 2 rings (SSSR count). The first-order valence-electron chi connectivity index (χ1n) is 6.27. The van der Waals surface area contributed by atoms with Crippen LogP contribution in [0.1, 0.15) is 12.5 Å². The van der Waals surface area contributed by atoms with E-state index in [1.165, 1.54) is 0 Å². The number of nitrogens with two attached hydrogens (primary N) is 2. The molecule has 7 nitrogen and oxygen atoms in total. The number of carbonyl (C=O) groups is 1. The maximum atomic E-state index is 11.8. The number of amides is 1. The molecule has 1 unspecified atom stereocenters. The lowest BCUT2D eigenvalue weighted by atomic mass is 10.1. The van der Waals surface area contributed by atoms with Gasteiger partial charge in [0.05, 0.1) is 5.69 Å². The maximum Gasteiger partial charge on any atom is 0.299 e. The van der Waals surface area contributed by atoms with Crippen LogP contribution in [-0.2, 0) is 21.4 Å². The minimum atomic E-state index is -3.78. The molecule has 5 N–H and O–H groups in total. The molecule has 1 aliphatic heterocycles. The Hall–Kier alpha value is -1.35. The lowest BCUT2D eigenvalue weighted by Crippen LogP contribution is -2.35. The number of carbonyl (C=O) groups excluding carboxylic acids is 1. The second kappa shape index (κ2) is 6.61. The summed E-state index contributed by atoms with van der Waals surface area (Å²) in [4.78, 5) is 11.8. The fourth-order valence-corrected chi connectivity index (χ4v) is 2.85. The zero-order chi connectivity index (χ0) is 14.9. The third-order valence-electron chi connectivity index (χ3n) is 3.31. The molecule has 1 amide bonds. The normalized spacial score (nSPS) is 15.1. The highest BCUT2D eigenvalue weighted by Gasteiger charge is 2.27. The Morgan fingerprint density at radius 1 is 1.48 bits per heavy atom. The quantitative estimate of drug-likeness (QED) is 0.729. The van der Waals surface area contributed by atoms with Gasteiger partial charge in [0.1, 0.15) is 0 Å². The van der Waals surface area contributed by atoms with Gasteiger partial charge in [0.15, 0.2) is 0 Å². The third-order valence-corrected chi connectivity index (χ3v) is 4.31. The molecular formula is C12H19ClN4O3S. The van der Waals surface area contributed by atoms with E-state index in [0.29, 0.717) is 24.3 Å². The number of hydrogen-bond donors (Lipinski definition) is 3. The van der Waals surface area contributed by atoms with Gasteiger partial charge in [0.25, 0.3) is 10.2 Å². The summed E-state index contributed by atoms with van der Waals surface area (Å²) in [5, 5.41) is 7.88. The molecule has 0 saturated carbocycles. The van der Waals surface area contributed by atoms with Gasteiger partial charge >= 0.3 is 0 Å². The average molecular weight is 335 g/mol. The summed E-state index contributed by atoms with van der Waals surface area (Å²) in [5.41, 5.74) is 7.37. The molecular weight excluding hydrogens is 316 g/mol. The summed E-state index contributed by atoms with van der Waals surface area (Å²) in [6.45, 7) is 2.30. The summed E-state index contributed by atoms with van der Waals surface area (Å²) < 4.78 is 24.1. The molecule has 1 heterocycles. The Morgan fingerprint density at radius 2 is 2.14 bits per heavy atom. The molecule has 1 aromatic rings. The number of nitrogens with zero attached hydrogens (tertiary/aromatic N) is 1. The Kier molecular flexibility index (Phi) is 5.57. The molecule has 0 spiro atoms. The summed E-state index contributed by atoms with van der Waals surface area (Å²) in [6, 6.07) is 5.16. The summed E-state index contributed by atoms with van der Waals surface area (Å²) in [5.74, 6) is -0.509. The van der Waals surface area contributed by atoms with Crippen LogP contribution in [0.25, 0.3) is 0 Å². The zero-order valence-corrected chi connectivity index (χ0v) is 13.2. The smallest absolute Gasteiger partial charge is 0.299 e. The van der Waals surface area contributed by atoms with E-state index >= 15 is 0 Å². The molecule has 0 aliphatic carbocycles. The molecule has 0 fully saturated rings. The largest absolute Gasteiger partial charge is 0.330 e. The van der Waals surface area contributed by atoms with Crippen molar-refractivity contribution in [3.8, 4) is 0 Å². The summed E-state index contributed by atoms with van der Waals surface area (Å²) in [7, 11) is -3.78. The number of fused-ring (bicyclic) bond motifs is 1. The third kappa shape index (κ3) is 3.85. The van der Waals surface area contributed by atoms with Gasteiger partial charge in [-0.05, 0) is 24.1 Å². The van der Waals surface area contributed by atoms with Crippen molar-refractivity contribution >= 4 is 39.9 Å². The van der Waals surface area contributed by atoms with Crippen molar-refractivity contribution in [3.05, 3.63) is 23.8 Å². The van der Waals surface area contributed by atoms with Crippen molar-refractivity contribution in [1.82, 2.24) is 0 Å². The molecule has 0 aromatic heterocycles. The van der Waals surface area contributed by atoms with E-state index in [4.69, 9.17) is 10.9 Å². The number of rotatable bonds is 4. The van der Waals surface area contributed by atoms with Gasteiger partial charge in [0.2, 0.25) is 5.91 Å². The Labute approximate surface area is 130 Å².